The quantitative estimate of drug-likeness (QED) is 0.0820. The number of hydrogen-bond acceptors (Lipinski definition) is 0. The van der Waals surface area contributed by atoms with Crippen LogP contribution < -0.4 is 10.6 Å². The predicted molar refractivity (Wildman–Crippen MR) is 178 cm³/mol. The summed E-state index contributed by atoms with van der Waals surface area (Å²) in [6, 6.07) is 61.1. The van der Waals surface area contributed by atoms with Crippen molar-refractivity contribution in [2.45, 2.75) is 24.6 Å². The molecule has 0 radical (unpaired) electrons. The fraction of sp³-hybridized carbons (Fsp3) is 0.105. The predicted octanol–water partition coefficient (Wildman–Crippen LogP) is 9.82. The SMILES string of the molecule is [Ni+2].c1ccc(CP(Cc2ccccc2)c2ccc[cH-]2)cc1.c1ccc(CP(Cc2ccccc2)c2ccc[cH-]2)cc1. The van der Waals surface area contributed by atoms with Gasteiger partial charge in [-0.05, 0) is 46.9 Å². The van der Waals surface area contributed by atoms with Gasteiger partial charge in [0.1, 0.15) is 0 Å². The van der Waals surface area contributed by atoms with Gasteiger partial charge >= 0.3 is 16.5 Å². The molecule has 0 amide bonds. The fourth-order valence-electron chi connectivity index (χ4n) is 4.84. The van der Waals surface area contributed by atoms with E-state index in [1.165, 1.54) is 32.9 Å². The summed E-state index contributed by atoms with van der Waals surface area (Å²) in [5.74, 6) is 0. The second-order valence-corrected chi connectivity index (χ2v) is 14.4. The molecule has 0 heterocycles. The van der Waals surface area contributed by atoms with Crippen molar-refractivity contribution >= 4 is 26.5 Å². The maximum absolute atomic E-state index is 2.28. The topological polar surface area (TPSA) is 0 Å². The van der Waals surface area contributed by atoms with Gasteiger partial charge in [-0.15, -0.1) is 10.6 Å². The van der Waals surface area contributed by atoms with E-state index in [1.807, 2.05) is 0 Å². The maximum atomic E-state index is 2.28. The monoisotopic (exact) mass is 612 g/mol. The van der Waals surface area contributed by atoms with Crippen LogP contribution in [0.4, 0.5) is 0 Å². The van der Waals surface area contributed by atoms with Crippen molar-refractivity contribution in [2.24, 2.45) is 0 Å². The summed E-state index contributed by atoms with van der Waals surface area (Å²) in [6.07, 6.45) is 4.65. The zero-order valence-corrected chi connectivity index (χ0v) is 26.0. The molecule has 6 aromatic rings. The average Bonchev–Trinajstić information content (AvgIpc) is 3.75. The van der Waals surface area contributed by atoms with Gasteiger partial charge < -0.3 is 0 Å². The van der Waals surface area contributed by atoms with Gasteiger partial charge in [0.2, 0.25) is 0 Å². The van der Waals surface area contributed by atoms with Gasteiger partial charge in [0.25, 0.3) is 0 Å². The van der Waals surface area contributed by atoms with E-state index in [0.717, 1.165) is 24.6 Å². The van der Waals surface area contributed by atoms with Gasteiger partial charge in [0, 0.05) is 0 Å². The molecule has 6 aromatic carbocycles. The van der Waals surface area contributed by atoms with Gasteiger partial charge in [-0.1, -0.05) is 137 Å². The minimum atomic E-state index is -0.171. The summed E-state index contributed by atoms with van der Waals surface area (Å²) in [7, 11) is -0.343. The Labute approximate surface area is 258 Å². The summed E-state index contributed by atoms with van der Waals surface area (Å²) in [5, 5.41) is 3.01. The normalized spacial score (nSPS) is 10.6. The number of rotatable bonds is 10. The Morgan fingerprint density at radius 3 is 0.829 bits per heavy atom. The molecule has 0 nitrogen and oxygen atoms in total. The molecule has 6 rings (SSSR count). The van der Waals surface area contributed by atoms with Crippen molar-refractivity contribution < 1.29 is 16.5 Å². The van der Waals surface area contributed by atoms with E-state index in [2.05, 4.69) is 170 Å². The van der Waals surface area contributed by atoms with Crippen LogP contribution in [0.25, 0.3) is 0 Å². The van der Waals surface area contributed by atoms with Crippen LogP contribution in [-0.4, -0.2) is 0 Å². The Hall–Kier alpha value is -3.07. The Kier molecular flexibility index (Phi) is 12.8. The van der Waals surface area contributed by atoms with Crippen molar-refractivity contribution in [3.63, 3.8) is 0 Å². The Balaban J connectivity index is 0.000000184. The molecule has 0 atom stereocenters. The summed E-state index contributed by atoms with van der Waals surface area (Å²) < 4.78 is 0. The third-order valence-electron chi connectivity index (χ3n) is 6.89. The summed E-state index contributed by atoms with van der Waals surface area (Å²) in [6.45, 7) is 0. The molecular formula is C38H36NiP2. The zero-order chi connectivity index (χ0) is 27.2. The standard InChI is InChI=1S/2C19H18P.Ni/c2*1-3-9-17(10-4-1)15-20(19-13-7-8-14-19)16-18-11-5-2-6-12-18;/h2*1-14H,15-16H2;/q2*-1;+2. The maximum Gasteiger partial charge on any atom is 2.00 e. The van der Waals surface area contributed by atoms with Crippen LogP contribution in [0.5, 0.6) is 0 Å². The van der Waals surface area contributed by atoms with E-state index in [0.29, 0.717) is 0 Å². The molecular weight excluding hydrogens is 577 g/mol. The first-order chi connectivity index (χ1) is 19.8. The fourth-order valence-corrected chi connectivity index (χ4v) is 9.59. The van der Waals surface area contributed by atoms with E-state index in [1.54, 1.807) is 0 Å². The average molecular weight is 613 g/mol. The minimum Gasteiger partial charge on any atom is -0.213 e. The smallest absolute Gasteiger partial charge is 0.213 e. The third kappa shape index (κ3) is 10.1. The minimum absolute atomic E-state index is 0. The molecule has 0 fully saturated rings. The number of benzene rings is 4. The van der Waals surface area contributed by atoms with Crippen LogP contribution in [0, 0.1) is 0 Å². The van der Waals surface area contributed by atoms with Crippen molar-refractivity contribution in [1.82, 2.24) is 0 Å². The molecule has 0 bridgehead atoms. The molecule has 0 saturated heterocycles. The molecule has 208 valence electrons. The first-order valence-electron chi connectivity index (χ1n) is 13.9. The van der Waals surface area contributed by atoms with Crippen molar-refractivity contribution in [3.05, 3.63) is 192 Å². The first-order valence-corrected chi connectivity index (χ1v) is 17.3. The molecule has 0 aromatic heterocycles. The first kappa shape index (κ1) is 30.9. The van der Waals surface area contributed by atoms with Crippen LogP contribution in [0.1, 0.15) is 22.3 Å². The zero-order valence-electron chi connectivity index (χ0n) is 23.2. The van der Waals surface area contributed by atoms with Crippen LogP contribution in [0.15, 0.2) is 170 Å². The van der Waals surface area contributed by atoms with Crippen LogP contribution in [0.3, 0.4) is 0 Å². The largest absolute Gasteiger partial charge is 2.00 e. The van der Waals surface area contributed by atoms with E-state index in [4.69, 9.17) is 0 Å². The number of hydrogen-bond donors (Lipinski definition) is 0. The Bertz CT molecular complexity index is 1260. The van der Waals surface area contributed by atoms with Crippen LogP contribution in [0.2, 0.25) is 0 Å². The Morgan fingerprint density at radius 2 is 0.610 bits per heavy atom. The molecule has 0 aliphatic carbocycles. The molecule has 0 saturated carbocycles. The van der Waals surface area contributed by atoms with Gasteiger partial charge in [0.05, 0.1) is 0 Å². The van der Waals surface area contributed by atoms with E-state index >= 15 is 0 Å². The molecule has 0 N–H and O–H groups in total. The molecule has 0 unspecified atom stereocenters. The van der Waals surface area contributed by atoms with Gasteiger partial charge in [-0.3, -0.25) is 0 Å². The molecule has 0 aliphatic heterocycles. The van der Waals surface area contributed by atoms with E-state index in [9.17, 15) is 0 Å². The van der Waals surface area contributed by atoms with Crippen LogP contribution in [-0.2, 0) is 41.1 Å². The van der Waals surface area contributed by atoms with Crippen LogP contribution >= 0.6 is 15.8 Å². The molecule has 41 heavy (non-hydrogen) atoms. The second kappa shape index (κ2) is 17.0. The Morgan fingerprint density at radius 1 is 0.341 bits per heavy atom. The summed E-state index contributed by atoms with van der Waals surface area (Å²) in [5.41, 5.74) is 5.76. The third-order valence-corrected chi connectivity index (χ3v) is 11.9. The van der Waals surface area contributed by atoms with Crippen molar-refractivity contribution in [2.75, 3.05) is 0 Å². The van der Waals surface area contributed by atoms with Gasteiger partial charge in [-0.2, -0.15) is 24.3 Å². The molecule has 0 spiro atoms. The summed E-state index contributed by atoms with van der Waals surface area (Å²) >= 11 is 0. The van der Waals surface area contributed by atoms with Gasteiger partial charge in [0.15, 0.2) is 0 Å². The molecule has 3 heteroatoms. The van der Waals surface area contributed by atoms with Crippen molar-refractivity contribution in [1.29, 1.82) is 0 Å². The summed E-state index contributed by atoms with van der Waals surface area (Å²) in [4.78, 5) is 0. The van der Waals surface area contributed by atoms with E-state index in [-0.39, 0.29) is 32.3 Å². The van der Waals surface area contributed by atoms with Gasteiger partial charge in [-0.25, -0.2) is 24.3 Å². The molecule has 0 aliphatic rings. The van der Waals surface area contributed by atoms with Crippen molar-refractivity contribution in [3.8, 4) is 0 Å². The van der Waals surface area contributed by atoms with E-state index < -0.39 is 0 Å². The second-order valence-electron chi connectivity index (χ2n) is 9.94.